The summed E-state index contributed by atoms with van der Waals surface area (Å²) in [4.78, 5) is 12.1. The van der Waals surface area contributed by atoms with Crippen LogP contribution in [0.5, 0.6) is 0 Å². The SMILES string of the molecule is CC(C)S(=O)(=O)C(C)C(=O)Nc1nnc(-c2ccccc2Cl)s1. The molecule has 2 rings (SSSR count). The molecule has 9 heteroatoms. The van der Waals surface area contributed by atoms with Gasteiger partial charge in [-0.3, -0.25) is 10.1 Å². The van der Waals surface area contributed by atoms with Gasteiger partial charge in [-0.25, -0.2) is 8.42 Å². The van der Waals surface area contributed by atoms with Crippen molar-refractivity contribution in [3.8, 4) is 10.6 Å². The number of halogens is 1. The highest BCUT2D eigenvalue weighted by Gasteiger charge is 2.31. The number of benzene rings is 1. The number of nitrogens with one attached hydrogen (secondary N) is 1. The highest BCUT2D eigenvalue weighted by atomic mass is 35.5. The van der Waals surface area contributed by atoms with Crippen molar-refractivity contribution in [2.45, 2.75) is 31.3 Å². The summed E-state index contributed by atoms with van der Waals surface area (Å²) < 4.78 is 24.0. The van der Waals surface area contributed by atoms with E-state index in [1.807, 2.05) is 6.07 Å². The molecule has 0 bridgehead atoms. The third-order valence-corrected chi connectivity index (χ3v) is 6.99. The number of anilines is 1. The molecule has 0 saturated heterocycles. The topological polar surface area (TPSA) is 89.0 Å². The number of rotatable bonds is 5. The fourth-order valence-corrected chi connectivity index (χ4v) is 4.02. The lowest BCUT2D eigenvalue weighted by molar-refractivity contribution is -0.115. The van der Waals surface area contributed by atoms with Crippen LogP contribution in [0.2, 0.25) is 5.02 Å². The van der Waals surface area contributed by atoms with Gasteiger partial charge < -0.3 is 0 Å². The standard InChI is InChI=1S/C14H16ClN3O3S2/c1-8(2)23(20,21)9(3)12(19)16-14-18-17-13(22-14)10-6-4-5-7-11(10)15/h4-9H,1-3H3,(H,16,18,19). The van der Waals surface area contributed by atoms with Gasteiger partial charge in [-0.2, -0.15) is 0 Å². The number of carbonyl (C=O) groups is 1. The van der Waals surface area contributed by atoms with Gasteiger partial charge in [-0.15, -0.1) is 10.2 Å². The van der Waals surface area contributed by atoms with Crippen LogP contribution < -0.4 is 5.32 Å². The summed E-state index contributed by atoms with van der Waals surface area (Å²) in [5.41, 5.74) is 0.704. The Hall–Kier alpha value is -1.51. The van der Waals surface area contributed by atoms with Crippen LogP contribution in [0.25, 0.3) is 10.6 Å². The van der Waals surface area contributed by atoms with Crippen LogP contribution >= 0.6 is 22.9 Å². The Morgan fingerprint density at radius 2 is 1.87 bits per heavy atom. The molecule has 6 nitrogen and oxygen atoms in total. The highest BCUT2D eigenvalue weighted by molar-refractivity contribution is 7.93. The van der Waals surface area contributed by atoms with E-state index in [2.05, 4.69) is 15.5 Å². The Kier molecular flexibility index (Phi) is 5.38. The number of aromatic nitrogens is 2. The predicted octanol–water partition coefficient (Wildman–Crippen LogP) is 3.01. The van der Waals surface area contributed by atoms with E-state index in [-0.39, 0.29) is 5.13 Å². The Bertz CT molecular complexity index is 818. The van der Waals surface area contributed by atoms with Crippen molar-refractivity contribution in [3.63, 3.8) is 0 Å². The van der Waals surface area contributed by atoms with Crippen molar-refractivity contribution in [2.24, 2.45) is 0 Å². The summed E-state index contributed by atoms with van der Waals surface area (Å²) in [5.74, 6) is -0.624. The fourth-order valence-electron chi connectivity index (χ4n) is 1.78. The molecule has 0 aliphatic heterocycles. The van der Waals surface area contributed by atoms with Gasteiger partial charge in [-0.1, -0.05) is 41.1 Å². The lowest BCUT2D eigenvalue weighted by Gasteiger charge is -2.14. The lowest BCUT2D eigenvalue weighted by Crippen LogP contribution is -2.36. The van der Waals surface area contributed by atoms with E-state index in [0.29, 0.717) is 15.6 Å². The summed E-state index contributed by atoms with van der Waals surface area (Å²) in [7, 11) is -3.53. The van der Waals surface area contributed by atoms with Gasteiger partial charge in [0.15, 0.2) is 14.8 Å². The Labute approximate surface area is 143 Å². The number of sulfone groups is 1. The maximum Gasteiger partial charge on any atom is 0.244 e. The first kappa shape index (κ1) is 17.8. The van der Waals surface area contributed by atoms with Crippen LogP contribution in [0.1, 0.15) is 20.8 Å². The van der Waals surface area contributed by atoms with Gasteiger partial charge in [-0.05, 0) is 26.8 Å². The van der Waals surface area contributed by atoms with Gasteiger partial charge in [0.1, 0.15) is 5.25 Å². The Morgan fingerprint density at radius 3 is 2.48 bits per heavy atom. The molecule has 124 valence electrons. The monoisotopic (exact) mass is 373 g/mol. The second-order valence-corrected chi connectivity index (χ2v) is 9.37. The summed E-state index contributed by atoms with van der Waals surface area (Å²) in [6, 6.07) is 7.14. The molecule has 1 atom stereocenters. The predicted molar refractivity (Wildman–Crippen MR) is 92.5 cm³/mol. The molecular formula is C14H16ClN3O3S2. The van der Waals surface area contributed by atoms with Gasteiger partial charge in [0.05, 0.1) is 10.3 Å². The zero-order chi connectivity index (χ0) is 17.2. The first-order valence-electron chi connectivity index (χ1n) is 6.85. The first-order valence-corrected chi connectivity index (χ1v) is 9.66. The van der Waals surface area contributed by atoms with Gasteiger partial charge in [0, 0.05) is 5.56 Å². The normalized spacial score (nSPS) is 13.1. The maximum absolute atomic E-state index is 12.1. The average Bonchev–Trinajstić information content (AvgIpc) is 2.94. The second kappa shape index (κ2) is 6.94. The van der Waals surface area contributed by atoms with E-state index < -0.39 is 26.2 Å². The van der Waals surface area contributed by atoms with Crippen LogP contribution in [0.3, 0.4) is 0 Å². The first-order chi connectivity index (χ1) is 10.7. The summed E-state index contributed by atoms with van der Waals surface area (Å²) in [6.45, 7) is 4.44. The summed E-state index contributed by atoms with van der Waals surface area (Å²) in [6.07, 6.45) is 0. The van der Waals surface area contributed by atoms with E-state index in [1.54, 1.807) is 32.0 Å². The highest BCUT2D eigenvalue weighted by Crippen LogP contribution is 2.31. The van der Waals surface area contributed by atoms with Gasteiger partial charge in [0.25, 0.3) is 0 Å². The Morgan fingerprint density at radius 1 is 1.22 bits per heavy atom. The average molecular weight is 374 g/mol. The van der Waals surface area contributed by atoms with Crippen molar-refractivity contribution in [1.29, 1.82) is 0 Å². The zero-order valence-electron chi connectivity index (χ0n) is 12.8. The van der Waals surface area contributed by atoms with Crippen LogP contribution in [-0.4, -0.2) is 35.0 Å². The van der Waals surface area contributed by atoms with E-state index in [1.165, 1.54) is 6.92 Å². The minimum Gasteiger partial charge on any atom is -0.299 e. The third-order valence-electron chi connectivity index (χ3n) is 3.28. The number of hydrogen-bond donors (Lipinski definition) is 1. The van der Waals surface area contributed by atoms with Crippen LogP contribution in [0.4, 0.5) is 5.13 Å². The zero-order valence-corrected chi connectivity index (χ0v) is 15.2. The van der Waals surface area contributed by atoms with Crippen LogP contribution in [-0.2, 0) is 14.6 Å². The molecule has 0 aliphatic carbocycles. The molecule has 23 heavy (non-hydrogen) atoms. The molecule has 0 aliphatic rings. The molecule has 0 spiro atoms. The number of carbonyl (C=O) groups excluding carboxylic acids is 1. The van der Waals surface area contributed by atoms with E-state index in [9.17, 15) is 13.2 Å². The fraction of sp³-hybridized carbons (Fsp3) is 0.357. The second-order valence-electron chi connectivity index (χ2n) is 5.16. The van der Waals surface area contributed by atoms with Crippen molar-refractivity contribution in [3.05, 3.63) is 29.3 Å². The maximum atomic E-state index is 12.1. The quantitative estimate of drug-likeness (QED) is 0.870. The van der Waals surface area contributed by atoms with E-state index in [0.717, 1.165) is 11.3 Å². The molecule has 1 heterocycles. The minimum atomic E-state index is -3.53. The molecule has 1 aromatic heterocycles. The van der Waals surface area contributed by atoms with Crippen molar-refractivity contribution in [2.75, 3.05) is 5.32 Å². The lowest BCUT2D eigenvalue weighted by atomic mass is 10.2. The molecule has 1 unspecified atom stereocenters. The largest absolute Gasteiger partial charge is 0.299 e. The number of hydrogen-bond acceptors (Lipinski definition) is 6. The van der Waals surface area contributed by atoms with E-state index >= 15 is 0 Å². The number of nitrogens with zero attached hydrogens (tertiary/aromatic N) is 2. The molecule has 0 saturated carbocycles. The van der Waals surface area contributed by atoms with Crippen LogP contribution in [0, 0.1) is 0 Å². The summed E-state index contributed by atoms with van der Waals surface area (Å²) >= 11 is 7.22. The smallest absolute Gasteiger partial charge is 0.244 e. The molecule has 0 fully saturated rings. The van der Waals surface area contributed by atoms with Crippen molar-refractivity contribution < 1.29 is 13.2 Å². The number of amides is 1. The van der Waals surface area contributed by atoms with E-state index in [4.69, 9.17) is 11.6 Å². The van der Waals surface area contributed by atoms with Gasteiger partial charge in [0.2, 0.25) is 11.0 Å². The molecule has 2 aromatic rings. The molecule has 1 N–H and O–H groups in total. The van der Waals surface area contributed by atoms with Crippen molar-refractivity contribution >= 4 is 43.8 Å². The third kappa shape index (κ3) is 3.88. The molecular weight excluding hydrogens is 358 g/mol. The molecule has 1 aromatic carbocycles. The summed E-state index contributed by atoms with van der Waals surface area (Å²) in [5, 5.41) is 9.86. The molecule has 0 radical (unpaired) electrons. The minimum absolute atomic E-state index is 0.232. The Balaban J connectivity index is 2.17. The van der Waals surface area contributed by atoms with Gasteiger partial charge >= 0.3 is 0 Å². The molecule has 1 amide bonds. The van der Waals surface area contributed by atoms with Crippen LogP contribution in [0.15, 0.2) is 24.3 Å². The van der Waals surface area contributed by atoms with Crippen molar-refractivity contribution in [1.82, 2.24) is 10.2 Å².